The summed E-state index contributed by atoms with van der Waals surface area (Å²) in [7, 11) is 0. The zero-order chi connectivity index (χ0) is 29.0. The Morgan fingerprint density at radius 1 is 0.927 bits per heavy atom. The fourth-order valence-corrected chi connectivity index (χ4v) is 4.74. The van der Waals surface area contributed by atoms with Crippen LogP contribution in [0.5, 0.6) is 0 Å². The van der Waals surface area contributed by atoms with Crippen molar-refractivity contribution < 1.29 is 22.7 Å². The van der Waals surface area contributed by atoms with Gasteiger partial charge in [0, 0.05) is 30.2 Å². The summed E-state index contributed by atoms with van der Waals surface area (Å²) >= 11 is 0. The van der Waals surface area contributed by atoms with E-state index in [0.29, 0.717) is 29.9 Å². The predicted molar refractivity (Wildman–Crippen MR) is 149 cm³/mol. The van der Waals surface area contributed by atoms with Crippen LogP contribution in [0.4, 0.5) is 18.9 Å². The topological polar surface area (TPSA) is 81.4 Å². The molecule has 0 aliphatic heterocycles. The molecule has 5 aromatic rings. The number of ether oxygens (including phenoxy) is 1. The average molecular weight is 560 g/mol. The maximum atomic E-state index is 13.3. The summed E-state index contributed by atoms with van der Waals surface area (Å²) in [6.07, 6.45) is 0.571. The number of hydrogen-bond acceptors (Lipinski definition) is 6. The van der Waals surface area contributed by atoms with Crippen molar-refractivity contribution in [2.75, 3.05) is 11.9 Å². The number of alkyl halides is 3. The minimum atomic E-state index is -4.46. The van der Waals surface area contributed by atoms with Crippen molar-refractivity contribution in [2.24, 2.45) is 0 Å². The highest BCUT2D eigenvalue weighted by Crippen LogP contribution is 2.33. The number of rotatable bonds is 9. The van der Waals surface area contributed by atoms with Crippen LogP contribution in [0.1, 0.15) is 36.4 Å². The molecule has 41 heavy (non-hydrogen) atoms. The van der Waals surface area contributed by atoms with Crippen molar-refractivity contribution in [1.29, 1.82) is 0 Å². The minimum absolute atomic E-state index is 0.261. The molecule has 3 heterocycles. The van der Waals surface area contributed by atoms with Crippen molar-refractivity contribution in [3.63, 3.8) is 0 Å². The van der Waals surface area contributed by atoms with E-state index in [2.05, 4.69) is 20.4 Å². The summed E-state index contributed by atoms with van der Waals surface area (Å²) in [5.41, 5.74) is 3.40. The second kappa shape index (κ2) is 11.4. The summed E-state index contributed by atoms with van der Waals surface area (Å²) < 4.78 is 45.4. The van der Waals surface area contributed by atoms with E-state index < -0.39 is 17.3 Å². The third-order valence-electron chi connectivity index (χ3n) is 6.90. The van der Waals surface area contributed by atoms with Crippen LogP contribution in [-0.4, -0.2) is 32.2 Å². The first-order valence-electron chi connectivity index (χ1n) is 13.1. The van der Waals surface area contributed by atoms with Gasteiger partial charge in [0.1, 0.15) is 11.1 Å². The molecule has 1 atom stereocenters. The van der Waals surface area contributed by atoms with Crippen molar-refractivity contribution in [1.82, 2.24) is 19.6 Å². The lowest BCUT2D eigenvalue weighted by molar-refractivity contribution is -0.149. The largest absolute Gasteiger partial charge is 0.465 e. The van der Waals surface area contributed by atoms with Crippen LogP contribution in [-0.2, 0) is 34.1 Å². The van der Waals surface area contributed by atoms with Gasteiger partial charge in [-0.2, -0.15) is 18.3 Å². The SMILES string of the molecule is CCOC(=O)C(C)(Cc1ccccc1)c1ccnc2c(-c3ccc(NCc4ccc(C(F)(F)F)nc4)cc3)cnn12. The van der Waals surface area contributed by atoms with Crippen molar-refractivity contribution >= 4 is 17.3 Å². The molecular weight excluding hydrogens is 531 g/mol. The van der Waals surface area contributed by atoms with Gasteiger partial charge in [-0.25, -0.2) is 9.50 Å². The summed E-state index contributed by atoms with van der Waals surface area (Å²) in [5.74, 6) is -0.341. The van der Waals surface area contributed by atoms with Gasteiger partial charge >= 0.3 is 12.1 Å². The van der Waals surface area contributed by atoms with E-state index >= 15 is 0 Å². The van der Waals surface area contributed by atoms with Gasteiger partial charge in [-0.1, -0.05) is 48.5 Å². The van der Waals surface area contributed by atoms with E-state index in [1.54, 1.807) is 29.9 Å². The van der Waals surface area contributed by atoms with Crippen molar-refractivity contribution in [3.05, 3.63) is 114 Å². The Labute approximate surface area is 235 Å². The number of nitrogens with zero attached hydrogens (tertiary/aromatic N) is 4. The Bertz CT molecular complexity index is 1640. The highest BCUT2D eigenvalue weighted by Gasteiger charge is 2.40. The molecule has 0 spiro atoms. The maximum absolute atomic E-state index is 13.3. The molecule has 7 nitrogen and oxygen atoms in total. The summed E-state index contributed by atoms with van der Waals surface area (Å²) in [4.78, 5) is 21.4. The predicted octanol–water partition coefficient (Wildman–Crippen LogP) is 6.49. The quantitative estimate of drug-likeness (QED) is 0.208. The molecule has 10 heteroatoms. The van der Waals surface area contributed by atoms with Gasteiger partial charge in [0.2, 0.25) is 0 Å². The Hall–Kier alpha value is -4.73. The van der Waals surface area contributed by atoms with Gasteiger partial charge in [0.15, 0.2) is 5.65 Å². The Morgan fingerprint density at radius 3 is 2.34 bits per heavy atom. The molecule has 5 rings (SSSR count). The molecule has 0 saturated carbocycles. The second-order valence-corrected chi connectivity index (χ2v) is 9.82. The number of aromatic nitrogens is 4. The van der Waals surface area contributed by atoms with Crippen LogP contribution in [0, 0.1) is 0 Å². The number of esters is 1. The van der Waals surface area contributed by atoms with Crippen molar-refractivity contribution in [3.8, 4) is 11.1 Å². The molecule has 1 unspecified atom stereocenters. The molecule has 0 aliphatic carbocycles. The van der Waals surface area contributed by atoms with Crippen LogP contribution in [0.2, 0.25) is 0 Å². The molecule has 0 aliphatic rings. The fourth-order valence-electron chi connectivity index (χ4n) is 4.74. The van der Waals surface area contributed by atoms with E-state index in [-0.39, 0.29) is 12.6 Å². The lowest BCUT2D eigenvalue weighted by Crippen LogP contribution is -2.38. The van der Waals surface area contributed by atoms with Crippen molar-refractivity contribution in [2.45, 2.75) is 38.4 Å². The Morgan fingerprint density at radius 2 is 1.68 bits per heavy atom. The van der Waals surface area contributed by atoms with E-state index in [1.807, 2.05) is 61.5 Å². The molecule has 2 aromatic carbocycles. The lowest BCUT2D eigenvalue weighted by Gasteiger charge is -2.28. The molecule has 0 fully saturated rings. The number of fused-ring (bicyclic) bond motifs is 1. The van der Waals surface area contributed by atoms with Crippen LogP contribution in [0.15, 0.2) is 91.4 Å². The minimum Gasteiger partial charge on any atom is -0.465 e. The van der Waals surface area contributed by atoms with Crippen LogP contribution in [0.3, 0.4) is 0 Å². The Balaban J connectivity index is 1.39. The molecule has 3 aromatic heterocycles. The highest BCUT2D eigenvalue weighted by atomic mass is 19.4. The number of carbonyl (C=O) groups is 1. The summed E-state index contributed by atoms with van der Waals surface area (Å²) in [6, 6.07) is 21.5. The Kier molecular flexibility index (Phi) is 7.74. The first-order chi connectivity index (χ1) is 19.7. The standard InChI is InChI=1S/C31H28F3N5O2/c1-3-41-29(40)30(2,17-21-7-5-4-6-8-21)27-15-16-35-28-25(20-38-39(27)28)23-10-12-24(13-11-23)36-18-22-9-14-26(37-19-22)31(32,33)34/h4-16,19-20,36H,3,17-18H2,1-2H3. The third kappa shape index (κ3) is 5.91. The normalized spacial score (nSPS) is 13.1. The molecule has 210 valence electrons. The second-order valence-electron chi connectivity index (χ2n) is 9.82. The maximum Gasteiger partial charge on any atom is 0.433 e. The van der Waals surface area contributed by atoms with Gasteiger partial charge in [0.05, 0.1) is 18.5 Å². The highest BCUT2D eigenvalue weighted by molar-refractivity contribution is 5.84. The molecule has 0 bridgehead atoms. The number of hydrogen-bond donors (Lipinski definition) is 1. The number of carbonyl (C=O) groups excluding carboxylic acids is 1. The third-order valence-corrected chi connectivity index (χ3v) is 6.90. The van der Waals surface area contributed by atoms with Gasteiger partial charge in [0.25, 0.3) is 0 Å². The van der Waals surface area contributed by atoms with Gasteiger partial charge in [-0.15, -0.1) is 0 Å². The molecule has 0 radical (unpaired) electrons. The number of pyridine rings is 1. The van der Waals surface area contributed by atoms with E-state index in [1.165, 1.54) is 12.3 Å². The molecule has 1 N–H and O–H groups in total. The first-order valence-corrected chi connectivity index (χ1v) is 13.1. The van der Waals surface area contributed by atoms with Crippen LogP contribution < -0.4 is 5.32 Å². The zero-order valence-corrected chi connectivity index (χ0v) is 22.5. The van der Waals surface area contributed by atoms with E-state index in [9.17, 15) is 18.0 Å². The summed E-state index contributed by atoms with van der Waals surface area (Å²) in [6.45, 7) is 4.23. The van der Waals surface area contributed by atoms with Gasteiger partial charge < -0.3 is 10.1 Å². The number of nitrogens with one attached hydrogen (secondary N) is 1. The molecular formula is C31H28F3N5O2. The van der Waals surface area contributed by atoms with Crippen LogP contribution >= 0.6 is 0 Å². The van der Waals surface area contributed by atoms with E-state index in [0.717, 1.165) is 28.4 Å². The monoisotopic (exact) mass is 559 g/mol. The lowest BCUT2D eigenvalue weighted by atomic mass is 9.80. The number of halogens is 3. The first kappa shape index (κ1) is 27.8. The van der Waals surface area contributed by atoms with Gasteiger partial charge in [-0.05, 0) is 61.2 Å². The number of benzene rings is 2. The smallest absolute Gasteiger partial charge is 0.433 e. The van der Waals surface area contributed by atoms with Crippen LogP contribution in [0.25, 0.3) is 16.8 Å². The zero-order valence-electron chi connectivity index (χ0n) is 22.5. The summed E-state index contributed by atoms with van der Waals surface area (Å²) in [5, 5.41) is 7.81. The molecule has 0 saturated heterocycles. The average Bonchev–Trinajstić information content (AvgIpc) is 3.41. The fraction of sp³-hybridized carbons (Fsp3) is 0.226. The van der Waals surface area contributed by atoms with E-state index in [4.69, 9.17) is 4.74 Å². The molecule has 0 amide bonds. The number of anilines is 1. The van der Waals surface area contributed by atoms with Gasteiger partial charge in [-0.3, -0.25) is 9.78 Å².